The molecular formula is C24H26Cl2N4O. The van der Waals surface area contributed by atoms with E-state index in [1.54, 1.807) is 6.20 Å². The summed E-state index contributed by atoms with van der Waals surface area (Å²) in [6.07, 6.45) is 2.43. The summed E-state index contributed by atoms with van der Waals surface area (Å²) in [6, 6.07) is 22.6. The molecule has 0 radical (unpaired) electrons. The van der Waals surface area contributed by atoms with Gasteiger partial charge in [0.15, 0.2) is 0 Å². The molecule has 2 heterocycles. The molecule has 0 aliphatic heterocycles. The summed E-state index contributed by atoms with van der Waals surface area (Å²) in [7, 11) is 0. The van der Waals surface area contributed by atoms with Gasteiger partial charge in [-0.05, 0) is 29.7 Å². The van der Waals surface area contributed by atoms with Crippen molar-refractivity contribution < 1.29 is 5.11 Å². The second-order valence-electron chi connectivity index (χ2n) is 6.88. The van der Waals surface area contributed by atoms with Crippen molar-refractivity contribution in [3.8, 4) is 22.4 Å². The van der Waals surface area contributed by atoms with Crippen LogP contribution in [0, 0.1) is 0 Å². The Balaban J connectivity index is 0.00000171. The number of rotatable bonds is 7. The normalized spacial score (nSPS) is 10.3. The number of nitrogens with one attached hydrogen (secondary N) is 1. The Kier molecular flexibility index (Phi) is 9.21. The van der Waals surface area contributed by atoms with E-state index in [0.29, 0.717) is 19.5 Å². The highest BCUT2D eigenvalue weighted by atomic mass is 35.5. The highest BCUT2D eigenvalue weighted by Crippen LogP contribution is 2.35. The number of anilines is 1. The van der Waals surface area contributed by atoms with E-state index in [-0.39, 0.29) is 31.4 Å². The van der Waals surface area contributed by atoms with Crippen molar-refractivity contribution in [1.29, 1.82) is 0 Å². The Morgan fingerprint density at radius 1 is 0.903 bits per heavy atom. The summed E-state index contributed by atoms with van der Waals surface area (Å²) in [6.45, 7) is 1.32. The van der Waals surface area contributed by atoms with Crippen LogP contribution in [0.15, 0.2) is 72.9 Å². The van der Waals surface area contributed by atoms with Crippen LogP contribution in [0.1, 0.15) is 12.0 Å². The van der Waals surface area contributed by atoms with E-state index in [4.69, 9.17) is 15.8 Å². The molecule has 0 bridgehead atoms. The van der Waals surface area contributed by atoms with Gasteiger partial charge in [-0.25, -0.2) is 9.97 Å². The molecule has 0 aliphatic rings. The molecule has 0 saturated carbocycles. The molecule has 0 spiro atoms. The highest BCUT2D eigenvalue weighted by molar-refractivity contribution is 5.96. The zero-order chi connectivity index (χ0) is 20.1. The molecule has 31 heavy (non-hydrogen) atoms. The zero-order valence-corrected chi connectivity index (χ0v) is 18.6. The minimum absolute atomic E-state index is 0. The molecule has 2 aromatic carbocycles. The Bertz CT molecular complexity index is 1110. The van der Waals surface area contributed by atoms with E-state index in [2.05, 4.69) is 40.6 Å². The van der Waals surface area contributed by atoms with E-state index in [9.17, 15) is 0 Å². The zero-order valence-electron chi connectivity index (χ0n) is 17.0. The molecule has 0 saturated heterocycles. The molecule has 162 valence electrons. The number of aromatic nitrogens is 2. The molecule has 0 fully saturated rings. The molecule has 7 heteroatoms. The molecule has 0 unspecified atom stereocenters. The summed E-state index contributed by atoms with van der Waals surface area (Å²) in [5, 5.41) is 13.4. The molecule has 0 aliphatic carbocycles. The predicted octanol–water partition coefficient (Wildman–Crippen LogP) is 5.06. The lowest BCUT2D eigenvalue weighted by molar-refractivity contribution is 0.292. The SMILES string of the molecule is Cl.Cl.NCc1ccc(-c2nc3ccnc(NCCCO)c3cc2-c2ccccc2)cc1. The van der Waals surface area contributed by atoms with E-state index >= 15 is 0 Å². The third kappa shape index (κ3) is 5.51. The van der Waals surface area contributed by atoms with E-state index < -0.39 is 0 Å². The number of hydrogen-bond donors (Lipinski definition) is 3. The number of pyridine rings is 2. The number of benzene rings is 2. The lowest BCUT2D eigenvalue weighted by Gasteiger charge is -2.14. The summed E-state index contributed by atoms with van der Waals surface area (Å²) in [5.41, 5.74) is 11.9. The maximum absolute atomic E-state index is 9.07. The minimum Gasteiger partial charge on any atom is -0.396 e. The van der Waals surface area contributed by atoms with Crippen molar-refractivity contribution in [1.82, 2.24) is 9.97 Å². The van der Waals surface area contributed by atoms with Gasteiger partial charge in [0, 0.05) is 42.4 Å². The second-order valence-corrected chi connectivity index (χ2v) is 6.88. The third-order valence-electron chi connectivity index (χ3n) is 4.92. The second kappa shape index (κ2) is 11.6. The first-order valence-corrected chi connectivity index (χ1v) is 9.79. The standard InChI is InChI=1S/C24H24N4O.2ClH/c25-16-17-7-9-19(10-8-17)23-20(18-5-2-1-3-6-18)15-21-22(28-23)11-13-27-24(21)26-12-4-14-29;;/h1-3,5-11,13,15,29H,4,12,14,16,25H2,(H,26,27);2*1H. The number of nitrogens with zero attached hydrogens (tertiary/aromatic N) is 2. The van der Waals surface area contributed by atoms with Crippen molar-refractivity contribution in [3.63, 3.8) is 0 Å². The van der Waals surface area contributed by atoms with Crippen LogP contribution >= 0.6 is 24.8 Å². The van der Waals surface area contributed by atoms with Gasteiger partial charge in [-0.2, -0.15) is 0 Å². The van der Waals surface area contributed by atoms with Gasteiger partial charge in [-0.15, -0.1) is 24.8 Å². The van der Waals surface area contributed by atoms with Crippen LogP contribution in [-0.4, -0.2) is 28.2 Å². The number of hydrogen-bond acceptors (Lipinski definition) is 5. The van der Waals surface area contributed by atoms with Gasteiger partial charge < -0.3 is 16.2 Å². The van der Waals surface area contributed by atoms with Crippen molar-refractivity contribution in [2.75, 3.05) is 18.5 Å². The maximum Gasteiger partial charge on any atom is 0.135 e. The fourth-order valence-corrected chi connectivity index (χ4v) is 3.38. The van der Waals surface area contributed by atoms with Crippen molar-refractivity contribution in [2.45, 2.75) is 13.0 Å². The largest absolute Gasteiger partial charge is 0.396 e. The van der Waals surface area contributed by atoms with Gasteiger partial charge in [0.1, 0.15) is 5.82 Å². The predicted molar refractivity (Wildman–Crippen MR) is 133 cm³/mol. The minimum atomic E-state index is 0. The Morgan fingerprint density at radius 3 is 2.32 bits per heavy atom. The summed E-state index contributed by atoms with van der Waals surface area (Å²) in [5.74, 6) is 0.783. The fourth-order valence-electron chi connectivity index (χ4n) is 3.38. The van der Waals surface area contributed by atoms with E-state index in [0.717, 1.165) is 44.7 Å². The number of nitrogens with two attached hydrogens (primary N) is 1. The van der Waals surface area contributed by atoms with Crippen LogP contribution in [0.2, 0.25) is 0 Å². The first-order valence-electron chi connectivity index (χ1n) is 9.79. The highest BCUT2D eigenvalue weighted by Gasteiger charge is 2.14. The number of halogens is 2. The van der Waals surface area contributed by atoms with Crippen molar-refractivity contribution >= 4 is 41.5 Å². The third-order valence-corrected chi connectivity index (χ3v) is 4.92. The maximum atomic E-state index is 9.07. The average molecular weight is 457 g/mol. The lowest BCUT2D eigenvalue weighted by atomic mass is 9.97. The first kappa shape index (κ1) is 24.6. The summed E-state index contributed by atoms with van der Waals surface area (Å²) >= 11 is 0. The van der Waals surface area contributed by atoms with Crippen molar-refractivity contribution in [2.24, 2.45) is 5.73 Å². The fraction of sp³-hybridized carbons (Fsp3) is 0.167. The van der Waals surface area contributed by atoms with Crippen LogP contribution in [0.25, 0.3) is 33.3 Å². The Hall–Kier alpha value is -2.70. The van der Waals surface area contributed by atoms with Gasteiger partial charge in [0.05, 0.1) is 11.2 Å². The summed E-state index contributed by atoms with van der Waals surface area (Å²) < 4.78 is 0. The summed E-state index contributed by atoms with van der Waals surface area (Å²) in [4.78, 5) is 9.50. The molecular weight excluding hydrogens is 431 g/mol. The van der Waals surface area contributed by atoms with Crippen molar-refractivity contribution in [3.05, 3.63) is 78.5 Å². The van der Waals surface area contributed by atoms with E-state index in [1.807, 2.05) is 36.4 Å². The van der Waals surface area contributed by atoms with Crippen LogP contribution in [-0.2, 0) is 6.54 Å². The molecule has 4 N–H and O–H groups in total. The average Bonchev–Trinajstić information content (AvgIpc) is 2.79. The first-order chi connectivity index (χ1) is 14.3. The molecule has 4 rings (SSSR count). The van der Waals surface area contributed by atoms with Crippen LogP contribution in [0.3, 0.4) is 0 Å². The van der Waals surface area contributed by atoms with Crippen LogP contribution < -0.4 is 11.1 Å². The molecule has 4 aromatic rings. The molecule has 0 atom stereocenters. The van der Waals surface area contributed by atoms with E-state index in [1.165, 1.54) is 0 Å². The monoisotopic (exact) mass is 456 g/mol. The van der Waals surface area contributed by atoms with Gasteiger partial charge >= 0.3 is 0 Å². The van der Waals surface area contributed by atoms with Crippen LogP contribution in [0.4, 0.5) is 5.82 Å². The number of aliphatic hydroxyl groups is 1. The van der Waals surface area contributed by atoms with Gasteiger partial charge in [-0.3, -0.25) is 0 Å². The number of aliphatic hydroxyl groups excluding tert-OH is 1. The van der Waals surface area contributed by atoms with Gasteiger partial charge in [0.25, 0.3) is 0 Å². The molecule has 5 nitrogen and oxygen atoms in total. The molecule has 0 amide bonds. The quantitative estimate of drug-likeness (QED) is 0.338. The Labute approximate surface area is 194 Å². The number of fused-ring (bicyclic) bond motifs is 1. The van der Waals surface area contributed by atoms with Gasteiger partial charge in [-0.1, -0.05) is 54.6 Å². The van der Waals surface area contributed by atoms with Crippen LogP contribution in [0.5, 0.6) is 0 Å². The lowest BCUT2D eigenvalue weighted by Crippen LogP contribution is -2.06. The van der Waals surface area contributed by atoms with Gasteiger partial charge in [0.2, 0.25) is 0 Å². The Morgan fingerprint density at radius 2 is 1.65 bits per heavy atom. The smallest absolute Gasteiger partial charge is 0.135 e. The molecule has 2 aromatic heterocycles. The topological polar surface area (TPSA) is 84.1 Å².